The summed E-state index contributed by atoms with van der Waals surface area (Å²) in [6.45, 7) is 12.4. The molecule has 20 heavy (non-hydrogen) atoms. The predicted molar refractivity (Wildman–Crippen MR) is 83.5 cm³/mol. The maximum absolute atomic E-state index is 12.4. The Labute approximate surface area is 124 Å². The zero-order valence-electron chi connectivity index (χ0n) is 13.9. The zero-order chi connectivity index (χ0) is 15.0. The van der Waals surface area contributed by atoms with Crippen LogP contribution in [0.15, 0.2) is 0 Å². The third kappa shape index (κ3) is 4.21. The summed E-state index contributed by atoms with van der Waals surface area (Å²) in [5.41, 5.74) is 0.665. The largest absolute Gasteiger partial charge is 0.353 e. The van der Waals surface area contributed by atoms with Gasteiger partial charge in [-0.15, -0.1) is 0 Å². The normalized spacial score (nSPS) is 33.6. The molecule has 1 aliphatic heterocycles. The fraction of sp³-hybridized carbons (Fsp3) is 0.941. The quantitative estimate of drug-likeness (QED) is 0.816. The minimum atomic E-state index is 0.166. The van der Waals surface area contributed by atoms with Gasteiger partial charge in [0.15, 0.2) is 0 Å². The Balaban J connectivity index is 1.90. The second-order valence-corrected chi connectivity index (χ2v) is 8.70. The topological polar surface area (TPSA) is 41.1 Å². The first-order valence-corrected chi connectivity index (χ1v) is 8.21. The van der Waals surface area contributed by atoms with E-state index >= 15 is 0 Å². The molecular weight excluding hydrogens is 248 g/mol. The van der Waals surface area contributed by atoms with Crippen LogP contribution in [0.5, 0.6) is 0 Å². The monoisotopic (exact) mass is 280 g/mol. The van der Waals surface area contributed by atoms with Gasteiger partial charge in [-0.1, -0.05) is 27.7 Å². The summed E-state index contributed by atoms with van der Waals surface area (Å²) in [7, 11) is 0. The molecule has 2 unspecified atom stereocenters. The van der Waals surface area contributed by atoms with E-state index in [1.165, 1.54) is 6.42 Å². The molecular formula is C17H32N2O. The van der Waals surface area contributed by atoms with Crippen LogP contribution in [0.2, 0.25) is 0 Å². The number of nitrogens with one attached hydrogen (secondary N) is 2. The molecule has 2 fully saturated rings. The lowest BCUT2D eigenvalue weighted by Gasteiger charge is -2.45. The number of carbonyl (C=O) groups is 1. The van der Waals surface area contributed by atoms with Crippen LogP contribution >= 0.6 is 0 Å². The summed E-state index contributed by atoms with van der Waals surface area (Å²) < 4.78 is 0. The van der Waals surface area contributed by atoms with Gasteiger partial charge >= 0.3 is 0 Å². The summed E-state index contributed by atoms with van der Waals surface area (Å²) in [4.78, 5) is 12.4. The van der Waals surface area contributed by atoms with Crippen LogP contribution in [-0.2, 0) is 4.79 Å². The van der Waals surface area contributed by atoms with Crippen LogP contribution in [0.3, 0.4) is 0 Å². The van der Waals surface area contributed by atoms with Crippen molar-refractivity contribution in [1.29, 1.82) is 0 Å². The summed E-state index contributed by atoms with van der Waals surface area (Å²) in [6.07, 6.45) is 5.60. The molecule has 0 aromatic carbocycles. The SMILES string of the molecule is CC1CCC(C(=O)NC2CC(C)(C)CC(C)(C)C2)CN1. The Kier molecular flexibility index (Phi) is 4.48. The predicted octanol–water partition coefficient (Wildman–Crippen LogP) is 3.10. The second-order valence-electron chi connectivity index (χ2n) is 8.70. The number of piperidine rings is 1. The van der Waals surface area contributed by atoms with Crippen molar-refractivity contribution in [2.24, 2.45) is 16.7 Å². The Hall–Kier alpha value is -0.570. The van der Waals surface area contributed by atoms with Gasteiger partial charge < -0.3 is 10.6 Å². The molecule has 2 rings (SSSR count). The van der Waals surface area contributed by atoms with Crippen molar-refractivity contribution in [2.75, 3.05) is 6.54 Å². The van der Waals surface area contributed by atoms with Crippen molar-refractivity contribution in [3.05, 3.63) is 0 Å². The van der Waals surface area contributed by atoms with Crippen molar-refractivity contribution in [1.82, 2.24) is 10.6 Å². The number of hydrogen-bond acceptors (Lipinski definition) is 2. The van der Waals surface area contributed by atoms with Gasteiger partial charge in [-0.05, 0) is 49.9 Å². The molecule has 2 N–H and O–H groups in total. The first-order chi connectivity index (χ1) is 9.17. The van der Waals surface area contributed by atoms with E-state index in [9.17, 15) is 4.79 Å². The van der Waals surface area contributed by atoms with Crippen LogP contribution in [0.4, 0.5) is 0 Å². The van der Waals surface area contributed by atoms with Crippen molar-refractivity contribution in [3.63, 3.8) is 0 Å². The molecule has 0 spiro atoms. The second kappa shape index (κ2) is 5.67. The number of hydrogen-bond donors (Lipinski definition) is 2. The zero-order valence-corrected chi connectivity index (χ0v) is 13.9. The molecule has 3 heteroatoms. The number of amides is 1. The molecule has 0 aromatic rings. The fourth-order valence-electron chi connectivity index (χ4n) is 4.49. The Morgan fingerprint density at radius 2 is 1.70 bits per heavy atom. The summed E-state index contributed by atoms with van der Waals surface area (Å²) >= 11 is 0. The molecule has 1 amide bonds. The molecule has 0 aromatic heterocycles. The lowest BCUT2D eigenvalue weighted by Crippen LogP contribution is -2.50. The average molecular weight is 280 g/mol. The van der Waals surface area contributed by atoms with Crippen molar-refractivity contribution in [3.8, 4) is 0 Å². The highest BCUT2D eigenvalue weighted by atomic mass is 16.2. The van der Waals surface area contributed by atoms with Crippen LogP contribution < -0.4 is 10.6 Å². The van der Waals surface area contributed by atoms with E-state index in [0.29, 0.717) is 22.9 Å². The first kappa shape index (κ1) is 15.8. The van der Waals surface area contributed by atoms with Gasteiger partial charge in [0, 0.05) is 18.6 Å². The highest BCUT2D eigenvalue weighted by Gasteiger charge is 2.39. The van der Waals surface area contributed by atoms with Gasteiger partial charge in [0.1, 0.15) is 0 Å². The molecule has 0 bridgehead atoms. The number of carbonyl (C=O) groups excluding carboxylic acids is 1. The Morgan fingerprint density at radius 3 is 2.20 bits per heavy atom. The van der Waals surface area contributed by atoms with E-state index < -0.39 is 0 Å². The van der Waals surface area contributed by atoms with Gasteiger partial charge in [-0.3, -0.25) is 4.79 Å². The van der Waals surface area contributed by atoms with Gasteiger partial charge in [0.2, 0.25) is 5.91 Å². The summed E-state index contributed by atoms with van der Waals surface area (Å²) in [5, 5.41) is 6.76. The van der Waals surface area contributed by atoms with Crippen molar-refractivity contribution >= 4 is 5.91 Å². The average Bonchev–Trinajstić information content (AvgIpc) is 2.25. The van der Waals surface area contributed by atoms with Gasteiger partial charge in [0.25, 0.3) is 0 Å². The van der Waals surface area contributed by atoms with Crippen LogP contribution in [-0.4, -0.2) is 24.5 Å². The molecule has 116 valence electrons. The Morgan fingerprint density at radius 1 is 1.10 bits per heavy atom. The highest BCUT2D eigenvalue weighted by Crippen LogP contribution is 2.45. The molecule has 3 nitrogen and oxygen atoms in total. The van der Waals surface area contributed by atoms with Crippen molar-refractivity contribution in [2.45, 2.75) is 78.8 Å². The third-order valence-corrected chi connectivity index (χ3v) is 4.93. The first-order valence-electron chi connectivity index (χ1n) is 8.21. The van der Waals surface area contributed by atoms with Gasteiger partial charge in [0.05, 0.1) is 5.92 Å². The van der Waals surface area contributed by atoms with Crippen LogP contribution in [0.25, 0.3) is 0 Å². The molecule has 2 atom stereocenters. The van der Waals surface area contributed by atoms with Gasteiger partial charge in [-0.25, -0.2) is 0 Å². The maximum atomic E-state index is 12.4. The molecule has 0 radical (unpaired) electrons. The minimum absolute atomic E-state index is 0.166. The van der Waals surface area contributed by atoms with Crippen LogP contribution in [0.1, 0.15) is 66.7 Å². The third-order valence-electron chi connectivity index (χ3n) is 4.93. The maximum Gasteiger partial charge on any atom is 0.224 e. The molecule has 1 saturated heterocycles. The molecule has 1 aliphatic carbocycles. The van der Waals surface area contributed by atoms with E-state index in [0.717, 1.165) is 32.2 Å². The Bertz CT molecular complexity index is 338. The fourth-order valence-corrected chi connectivity index (χ4v) is 4.49. The molecule has 1 heterocycles. The van der Waals surface area contributed by atoms with E-state index in [1.807, 2.05) is 0 Å². The van der Waals surface area contributed by atoms with Crippen LogP contribution in [0, 0.1) is 16.7 Å². The van der Waals surface area contributed by atoms with Gasteiger partial charge in [-0.2, -0.15) is 0 Å². The van der Waals surface area contributed by atoms with E-state index in [4.69, 9.17) is 0 Å². The highest BCUT2D eigenvalue weighted by molar-refractivity contribution is 5.79. The number of rotatable bonds is 2. The lowest BCUT2D eigenvalue weighted by atomic mass is 9.63. The summed E-state index contributed by atoms with van der Waals surface area (Å²) in [5.74, 6) is 0.433. The van der Waals surface area contributed by atoms with E-state index in [-0.39, 0.29) is 11.8 Å². The molecule has 1 saturated carbocycles. The summed E-state index contributed by atoms with van der Waals surface area (Å²) in [6, 6.07) is 0.909. The van der Waals surface area contributed by atoms with E-state index in [2.05, 4.69) is 45.3 Å². The van der Waals surface area contributed by atoms with E-state index in [1.54, 1.807) is 0 Å². The lowest BCUT2D eigenvalue weighted by molar-refractivity contribution is -0.127. The smallest absolute Gasteiger partial charge is 0.224 e. The van der Waals surface area contributed by atoms with Crippen molar-refractivity contribution < 1.29 is 4.79 Å². The minimum Gasteiger partial charge on any atom is -0.353 e. The standard InChI is InChI=1S/C17H32N2O/c1-12-6-7-13(10-18-12)15(20)19-14-8-16(2,3)11-17(4,5)9-14/h12-14,18H,6-11H2,1-5H3,(H,19,20). The molecule has 2 aliphatic rings.